The lowest BCUT2D eigenvalue weighted by Gasteiger charge is -2.05. The number of aromatic nitrogens is 3. The van der Waals surface area contributed by atoms with Gasteiger partial charge in [-0.05, 0) is 34.5 Å². The number of aromatic carboxylic acids is 1. The van der Waals surface area contributed by atoms with Crippen molar-refractivity contribution in [2.45, 2.75) is 13.3 Å². The predicted octanol–water partition coefficient (Wildman–Crippen LogP) is 2.94. The third-order valence-electron chi connectivity index (χ3n) is 2.43. The van der Waals surface area contributed by atoms with Crippen molar-refractivity contribution < 1.29 is 9.90 Å². The van der Waals surface area contributed by atoms with Crippen LogP contribution < -0.4 is 0 Å². The number of hydrogen-bond acceptors (Lipinski definition) is 3. The van der Waals surface area contributed by atoms with Crippen molar-refractivity contribution >= 4 is 33.5 Å². The van der Waals surface area contributed by atoms with Crippen LogP contribution in [0.2, 0.25) is 5.02 Å². The van der Waals surface area contributed by atoms with E-state index in [0.717, 1.165) is 0 Å². The van der Waals surface area contributed by atoms with Crippen molar-refractivity contribution in [1.29, 1.82) is 0 Å². The van der Waals surface area contributed by atoms with Crippen LogP contribution in [0.3, 0.4) is 0 Å². The van der Waals surface area contributed by atoms with Crippen LogP contribution >= 0.6 is 27.5 Å². The van der Waals surface area contributed by atoms with Gasteiger partial charge in [0.2, 0.25) is 0 Å². The predicted molar refractivity (Wildman–Crippen MR) is 70.4 cm³/mol. The molecule has 0 atom stereocenters. The lowest BCUT2D eigenvalue weighted by Crippen LogP contribution is -2.11. The van der Waals surface area contributed by atoms with Gasteiger partial charge < -0.3 is 5.11 Å². The monoisotopic (exact) mass is 329 g/mol. The van der Waals surface area contributed by atoms with Crippen LogP contribution in [0.4, 0.5) is 0 Å². The number of nitrogens with zero attached hydrogens (tertiary/aromatic N) is 3. The standard InChI is InChI=1S/C11H9BrClN3O2/c1-2-6-8(11(17)18)16(15-9(6)12)10-7(13)4-3-5-14-10/h3-5H,2H2,1H3,(H,17,18). The summed E-state index contributed by atoms with van der Waals surface area (Å²) in [5, 5.41) is 13.8. The molecule has 0 fully saturated rings. The molecule has 0 spiro atoms. The molecule has 2 heterocycles. The van der Waals surface area contributed by atoms with Gasteiger partial charge in [-0.3, -0.25) is 0 Å². The van der Waals surface area contributed by atoms with E-state index in [9.17, 15) is 9.90 Å². The zero-order valence-electron chi connectivity index (χ0n) is 9.39. The van der Waals surface area contributed by atoms with Gasteiger partial charge in [-0.25, -0.2) is 14.5 Å². The van der Waals surface area contributed by atoms with Gasteiger partial charge in [0.25, 0.3) is 0 Å². The summed E-state index contributed by atoms with van der Waals surface area (Å²) in [6.45, 7) is 1.86. The van der Waals surface area contributed by atoms with Gasteiger partial charge in [0.1, 0.15) is 4.60 Å². The number of pyridine rings is 1. The first-order chi connectivity index (χ1) is 8.56. The summed E-state index contributed by atoms with van der Waals surface area (Å²) >= 11 is 9.26. The number of carbonyl (C=O) groups is 1. The third kappa shape index (κ3) is 2.13. The highest BCUT2D eigenvalue weighted by atomic mass is 79.9. The van der Waals surface area contributed by atoms with Crippen LogP contribution in [0.5, 0.6) is 0 Å². The van der Waals surface area contributed by atoms with E-state index in [1.165, 1.54) is 10.9 Å². The molecule has 7 heteroatoms. The van der Waals surface area contributed by atoms with E-state index >= 15 is 0 Å². The van der Waals surface area contributed by atoms with E-state index in [1.807, 2.05) is 6.92 Å². The summed E-state index contributed by atoms with van der Waals surface area (Å²) < 4.78 is 1.73. The second-order valence-corrected chi connectivity index (χ2v) is 4.66. The zero-order chi connectivity index (χ0) is 13.3. The smallest absolute Gasteiger partial charge is 0.355 e. The summed E-state index contributed by atoms with van der Waals surface area (Å²) in [5.74, 6) is -0.760. The maximum atomic E-state index is 11.3. The molecular weight excluding hydrogens is 321 g/mol. The van der Waals surface area contributed by atoms with Crippen LogP contribution in [0.25, 0.3) is 5.82 Å². The summed E-state index contributed by atoms with van der Waals surface area (Å²) in [4.78, 5) is 15.4. The lowest BCUT2D eigenvalue weighted by atomic mass is 10.2. The molecule has 0 amide bonds. The second kappa shape index (κ2) is 5.07. The van der Waals surface area contributed by atoms with E-state index in [1.54, 1.807) is 12.1 Å². The summed E-state index contributed by atoms with van der Waals surface area (Å²) in [6.07, 6.45) is 2.08. The van der Waals surface area contributed by atoms with Crippen molar-refractivity contribution in [3.8, 4) is 5.82 Å². The first kappa shape index (κ1) is 13.0. The fourth-order valence-electron chi connectivity index (χ4n) is 1.64. The molecule has 0 radical (unpaired) electrons. The van der Waals surface area contributed by atoms with Gasteiger partial charge >= 0.3 is 5.97 Å². The lowest BCUT2D eigenvalue weighted by molar-refractivity contribution is 0.0685. The van der Waals surface area contributed by atoms with E-state index in [4.69, 9.17) is 11.6 Å². The minimum absolute atomic E-state index is 0.0741. The fourth-order valence-corrected chi connectivity index (χ4v) is 2.47. The Hall–Kier alpha value is -1.40. The van der Waals surface area contributed by atoms with Crippen molar-refractivity contribution in [1.82, 2.24) is 14.8 Å². The van der Waals surface area contributed by atoms with E-state index in [-0.39, 0.29) is 5.69 Å². The highest BCUT2D eigenvalue weighted by molar-refractivity contribution is 9.10. The van der Waals surface area contributed by atoms with Gasteiger partial charge in [-0.2, -0.15) is 5.10 Å². The van der Waals surface area contributed by atoms with Crippen molar-refractivity contribution in [2.75, 3.05) is 0 Å². The molecule has 0 aromatic carbocycles. The van der Waals surface area contributed by atoms with E-state index in [2.05, 4.69) is 26.0 Å². The van der Waals surface area contributed by atoms with Crippen LogP contribution in [0.15, 0.2) is 22.9 Å². The highest BCUT2D eigenvalue weighted by Gasteiger charge is 2.23. The molecule has 2 aromatic heterocycles. The Balaban J connectivity index is 2.73. The maximum Gasteiger partial charge on any atom is 0.355 e. The molecule has 0 saturated carbocycles. The molecule has 0 aliphatic carbocycles. The van der Waals surface area contributed by atoms with Gasteiger partial charge in [-0.15, -0.1) is 0 Å². The maximum absolute atomic E-state index is 11.3. The summed E-state index contributed by atoms with van der Waals surface area (Å²) in [7, 11) is 0. The van der Waals surface area contributed by atoms with Crippen LogP contribution in [-0.4, -0.2) is 25.8 Å². The van der Waals surface area contributed by atoms with Crippen LogP contribution in [0, 0.1) is 0 Å². The third-order valence-corrected chi connectivity index (χ3v) is 3.36. The summed E-state index contributed by atoms with van der Waals surface area (Å²) in [6, 6.07) is 3.31. The normalized spacial score (nSPS) is 10.6. The van der Waals surface area contributed by atoms with Crippen molar-refractivity contribution in [2.24, 2.45) is 0 Å². The van der Waals surface area contributed by atoms with Crippen LogP contribution in [0.1, 0.15) is 23.0 Å². The minimum Gasteiger partial charge on any atom is -0.476 e. The Kier molecular flexibility index (Phi) is 3.68. The molecular formula is C11H9BrClN3O2. The van der Waals surface area contributed by atoms with Crippen molar-refractivity contribution in [3.63, 3.8) is 0 Å². The molecule has 0 saturated heterocycles. The molecule has 94 valence electrons. The Morgan fingerprint density at radius 1 is 1.61 bits per heavy atom. The largest absolute Gasteiger partial charge is 0.476 e. The zero-order valence-corrected chi connectivity index (χ0v) is 11.7. The van der Waals surface area contributed by atoms with Gasteiger partial charge in [0.15, 0.2) is 11.5 Å². The number of halogens is 2. The quantitative estimate of drug-likeness (QED) is 0.939. The number of carboxylic acid groups (broad SMARTS) is 1. The topological polar surface area (TPSA) is 68.0 Å². The van der Waals surface area contributed by atoms with E-state index in [0.29, 0.717) is 27.4 Å². The molecule has 0 bridgehead atoms. The summed E-state index contributed by atoms with van der Waals surface area (Å²) in [5.41, 5.74) is 0.689. The average Bonchev–Trinajstić information content (AvgIpc) is 2.66. The Morgan fingerprint density at radius 2 is 2.33 bits per heavy atom. The van der Waals surface area contributed by atoms with Gasteiger partial charge in [0.05, 0.1) is 5.02 Å². The minimum atomic E-state index is -1.06. The molecule has 0 aliphatic rings. The first-order valence-corrected chi connectivity index (χ1v) is 6.35. The molecule has 1 N–H and O–H groups in total. The number of hydrogen-bond donors (Lipinski definition) is 1. The van der Waals surface area contributed by atoms with Gasteiger partial charge in [0, 0.05) is 11.8 Å². The Morgan fingerprint density at radius 3 is 2.89 bits per heavy atom. The van der Waals surface area contributed by atoms with Crippen molar-refractivity contribution in [3.05, 3.63) is 39.2 Å². The highest BCUT2D eigenvalue weighted by Crippen LogP contribution is 2.26. The second-order valence-electron chi connectivity index (χ2n) is 3.50. The molecule has 18 heavy (non-hydrogen) atoms. The molecule has 0 aliphatic heterocycles. The Labute approximate surface area is 117 Å². The molecule has 0 unspecified atom stereocenters. The molecule has 5 nitrogen and oxygen atoms in total. The SMILES string of the molecule is CCc1c(Br)nn(-c2ncccc2Cl)c1C(=O)O. The molecule has 2 aromatic rings. The van der Waals surface area contributed by atoms with E-state index < -0.39 is 5.97 Å². The van der Waals surface area contributed by atoms with Crippen LogP contribution in [-0.2, 0) is 6.42 Å². The number of rotatable bonds is 3. The average molecular weight is 331 g/mol. The Bertz CT molecular complexity index is 612. The number of carboxylic acids is 1. The first-order valence-electron chi connectivity index (χ1n) is 5.17. The fraction of sp³-hybridized carbons (Fsp3) is 0.182. The molecule has 2 rings (SSSR count). The van der Waals surface area contributed by atoms with Gasteiger partial charge in [-0.1, -0.05) is 18.5 Å².